The predicted octanol–water partition coefficient (Wildman–Crippen LogP) is 1.86. The van der Waals surface area contributed by atoms with Crippen molar-refractivity contribution in [2.45, 2.75) is 93.6 Å². The molecule has 0 aromatic heterocycles. The zero-order valence-electron chi connectivity index (χ0n) is 16.6. The van der Waals surface area contributed by atoms with Gasteiger partial charge in [-0.3, -0.25) is 4.79 Å². The molecule has 2 heterocycles. The molecule has 0 aliphatic carbocycles. The number of hydrogen-bond donors (Lipinski definition) is 4. The van der Waals surface area contributed by atoms with E-state index >= 15 is 0 Å². The van der Waals surface area contributed by atoms with Gasteiger partial charge in [-0.2, -0.15) is 0 Å². The molecule has 2 fully saturated rings. The van der Waals surface area contributed by atoms with E-state index in [4.69, 9.17) is 16.3 Å². The highest BCUT2D eigenvalue weighted by atomic mass is 35.5. The van der Waals surface area contributed by atoms with Crippen molar-refractivity contribution in [1.82, 2.24) is 10.6 Å². The summed E-state index contributed by atoms with van der Waals surface area (Å²) in [6.07, 6.45) is 4.86. The van der Waals surface area contributed by atoms with E-state index < -0.39 is 29.7 Å². The van der Waals surface area contributed by atoms with E-state index in [2.05, 4.69) is 17.6 Å². The molecule has 4 N–H and O–H groups in total. The molecule has 2 rings (SSSR count). The summed E-state index contributed by atoms with van der Waals surface area (Å²) in [5.41, 5.74) is -0.228. The number of alkyl halides is 1. The Balaban J connectivity index is 2.01. The van der Waals surface area contributed by atoms with Crippen LogP contribution in [0.25, 0.3) is 0 Å². The van der Waals surface area contributed by atoms with Gasteiger partial charge in [-0.05, 0) is 44.9 Å². The zero-order valence-corrected chi connectivity index (χ0v) is 18.1. The van der Waals surface area contributed by atoms with E-state index in [-0.39, 0.29) is 17.4 Å². The van der Waals surface area contributed by atoms with Crippen LogP contribution in [-0.2, 0) is 9.53 Å². The van der Waals surface area contributed by atoms with Gasteiger partial charge in [0.05, 0.1) is 23.6 Å². The third-order valence-electron chi connectivity index (χ3n) is 5.71. The quantitative estimate of drug-likeness (QED) is 0.468. The first-order valence-corrected chi connectivity index (χ1v) is 11.8. The normalized spacial score (nSPS) is 37.3. The minimum Gasteiger partial charge on any atom is -0.390 e. The molecule has 0 aromatic carbocycles. The van der Waals surface area contributed by atoms with Crippen LogP contribution >= 0.6 is 23.4 Å². The van der Waals surface area contributed by atoms with Gasteiger partial charge in [0.15, 0.2) is 0 Å². The number of rotatable bonds is 7. The molecule has 0 radical (unpaired) electrons. The van der Waals surface area contributed by atoms with E-state index in [9.17, 15) is 15.0 Å². The van der Waals surface area contributed by atoms with Crippen molar-refractivity contribution >= 4 is 29.3 Å². The molecule has 1 amide bonds. The lowest BCUT2D eigenvalue weighted by atomic mass is 9.93. The van der Waals surface area contributed by atoms with Crippen LogP contribution in [-0.4, -0.2) is 70.1 Å². The first kappa shape index (κ1) is 23.2. The lowest BCUT2D eigenvalue weighted by Gasteiger charge is -2.41. The number of thioether (sulfide) groups is 1. The fourth-order valence-corrected chi connectivity index (χ4v) is 4.91. The van der Waals surface area contributed by atoms with E-state index in [0.29, 0.717) is 12.3 Å². The fourth-order valence-electron chi connectivity index (χ4n) is 4.07. The van der Waals surface area contributed by atoms with Crippen molar-refractivity contribution in [2.24, 2.45) is 5.92 Å². The summed E-state index contributed by atoms with van der Waals surface area (Å²) in [6, 6.07) is -0.831. The highest BCUT2D eigenvalue weighted by molar-refractivity contribution is 7.99. The first-order valence-electron chi connectivity index (χ1n) is 10.1. The fraction of sp³-hybridized carbons (Fsp3) is 0.947. The minimum atomic E-state index is -1.07. The number of carbonyl (C=O) groups is 1. The number of amides is 1. The molecule has 6 nitrogen and oxygen atoms in total. The Morgan fingerprint density at radius 2 is 2.11 bits per heavy atom. The number of nitrogens with one attached hydrogen (secondary N) is 2. The number of carbonyl (C=O) groups excluding carboxylic acids is 1. The Bertz CT molecular complexity index is 471. The summed E-state index contributed by atoms with van der Waals surface area (Å²) < 4.78 is 5.94. The van der Waals surface area contributed by atoms with Crippen molar-refractivity contribution < 1.29 is 19.7 Å². The van der Waals surface area contributed by atoms with Crippen molar-refractivity contribution in [3.8, 4) is 0 Å². The second kappa shape index (κ2) is 11.2. The molecule has 0 spiro atoms. The third-order valence-corrected chi connectivity index (χ3v) is 6.82. The molecule has 2 aliphatic rings. The van der Waals surface area contributed by atoms with Crippen LogP contribution in [0.3, 0.4) is 0 Å². The predicted molar refractivity (Wildman–Crippen MR) is 110 cm³/mol. The molecule has 158 valence electrons. The van der Waals surface area contributed by atoms with Crippen molar-refractivity contribution in [3.63, 3.8) is 0 Å². The van der Waals surface area contributed by atoms with Crippen LogP contribution in [0, 0.1) is 5.92 Å². The van der Waals surface area contributed by atoms with Gasteiger partial charge in [0, 0.05) is 6.42 Å². The van der Waals surface area contributed by atoms with Crippen LogP contribution in [0.4, 0.5) is 0 Å². The van der Waals surface area contributed by atoms with E-state index in [1.165, 1.54) is 24.6 Å². The summed E-state index contributed by atoms with van der Waals surface area (Å²) in [7, 11) is 0. The minimum absolute atomic E-state index is 0.110. The average Bonchev–Trinajstić information content (AvgIpc) is 2.88. The molecule has 0 saturated carbocycles. The van der Waals surface area contributed by atoms with E-state index in [1.807, 2.05) is 6.26 Å². The SMILES string of the molecule is CCCC1CCNC(C(=O)NC(C(C)Cl)C2OC(SC)CC(O)C2O)CC1. The summed E-state index contributed by atoms with van der Waals surface area (Å²) >= 11 is 7.82. The lowest BCUT2D eigenvalue weighted by molar-refractivity contribution is -0.158. The molecule has 0 bridgehead atoms. The topological polar surface area (TPSA) is 90.8 Å². The van der Waals surface area contributed by atoms with Gasteiger partial charge >= 0.3 is 0 Å². The van der Waals surface area contributed by atoms with Crippen LogP contribution in [0.15, 0.2) is 0 Å². The third kappa shape index (κ3) is 6.47. The summed E-state index contributed by atoms with van der Waals surface area (Å²) in [5.74, 6) is 0.560. The molecular weight excluding hydrogens is 388 g/mol. The first-order chi connectivity index (χ1) is 12.9. The Hall–Kier alpha value is -0.0500. The van der Waals surface area contributed by atoms with Crippen molar-refractivity contribution in [1.29, 1.82) is 0 Å². The highest BCUT2D eigenvalue weighted by Crippen LogP contribution is 2.30. The Morgan fingerprint density at radius 1 is 1.37 bits per heavy atom. The van der Waals surface area contributed by atoms with Crippen LogP contribution in [0.1, 0.15) is 52.4 Å². The smallest absolute Gasteiger partial charge is 0.237 e. The molecule has 8 atom stereocenters. The summed E-state index contributed by atoms with van der Waals surface area (Å²) in [6.45, 7) is 4.80. The number of halogens is 1. The zero-order chi connectivity index (χ0) is 20.0. The van der Waals surface area contributed by atoms with Crippen LogP contribution in [0.2, 0.25) is 0 Å². The molecule has 2 saturated heterocycles. The van der Waals surface area contributed by atoms with Gasteiger partial charge in [-0.15, -0.1) is 23.4 Å². The van der Waals surface area contributed by atoms with Crippen molar-refractivity contribution in [3.05, 3.63) is 0 Å². The maximum atomic E-state index is 12.9. The second-order valence-corrected chi connectivity index (χ2v) is 9.48. The monoisotopic (exact) mass is 422 g/mol. The van der Waals surface area contributed by atoms with Gasteiger partial charge < -0.3 is 25.6 Å². The maximum Gasteiger partial charge on any atom is 0.237 e. The van der Waals surface area contributed by atoms with Gasteiger partial charge in [-0.25, -0.2) is 0 Å². The van der Waals surface area contributed by atoms with Crippen molar-refractivity contribution in [2.75, 3.05) is 12.8 Å². The number of hydrogen-bond acceptors (Lipinski definition) is 6. The number of aliphatic hydroxyl groups excluding tert-OH is 2. The Labute approximate surface area is 172 Å². The van der Waals surface area contributed by atoms with E-state index in [1.54, 1.807) is 6.92 Å². The van der Waals surface area contributed by atoms with Gasteiger partial charge in [-0.1, -0.05) is 19.8 Å². The van der Waals surface area contributed by atoms with Gasteiger partial charge in [0.25, 0.3) is 0 Å². The molecule has 0 aromatic rings. The van der Waals surface area contributed by atoms with E-state index in [0.717, 1.165) is 25.8 Å². The maximum absolute atomic E-state index is 12.9. The largest absolute Gasteiger partial charge is 0.390 e. The summed E-state index contributed by atoms with van der Waals surface area (Å²) in [4.78, 5) is 12.9. The molecular formula is C19H35ClN2O4S. The highest BCUT2D eigenvalue weighted by Gasteiger charge is 2.43. The standard InChI is InChI=1S/C19H35ClN2O4S/c1-4-5-12-6-7-13(21-9-8-12)19(25)22-16(11(2)20)18-17(24)14(23)10-15(26-18)27-3/h11-18,21,23-24H,4-10H2,1-3H3,(H,22,25). The second-order valence-electron chi connectivity index (χ2n) is 7.80. The van der Waals surface area contributed by atoms with Crippen LogP contribution in [0.5, 0.6) is 0 Å². The number of aliphatic hydroxyl groups is 2. The molecule has 8 unspecified atom stereocenters. The molecule has 8 heteroatoms. The average molecular weight is 423 g/mol. The van der Waals surface area contributed by atoms with Crippen LogP contribution < -0.4 is 10.6 Å². The Morgan fingerprint density at radius 3 is 2.74 bits per heavy atom. The summed E-state index contributed by atoms with van der Waals surface area (Å²) in [5, 5.41) is 26.5. The van der Waals surface area contributed by atoms with Gasteiger partial charge in [0.1, 0.15) is 17.6 Å². The number of ether oxygens (including phenoxy) is 1. The lowest BCUT2D eigenvalue weighted by Crippen LogP contribution is -2.61. The Kier molecular flexibility index (Phi) is 9.65. The molecule has 27 heavy (non-hydrogen) atoms. The van der Waals surface area contributed by atoms with Gasteiger partial charge in [0.2, 0.25) is 5.91 Å². The molecule has 2 aliphatic heterocycles.